The lowest BCUT2D eigenvalue weighted by molar-refractivity contribution is 0.386. The van der Waals surface area contributed by atoms with Crippen LogP contribution in [-0.2, 0) is 7.05 Å². The van der Waals surface area contributed by atoms with Crippen molar-refractivity contribution in [3.05, 3.63) is 30.2 Å². The van der Waals surface area contributed by atoms with Gasteiger partial charge in [0.25, 0.3) is 0 Å². The normalized spacial score (nSPS) is 10.9. The molecule has 3 rings (SSSR count). The number of benzene rings is 1. The molecular formula is C13H12FN5O. The largest absolute Gasteiger partial charge is 0.494 e. The number of anilines is 1. The second kappa shape index (κ2) is 4.44. The molecule has 2 aromatic heterocycles. The molecule has 0 spiro atoms. The molecule has 3 aromatic rings. The van der Waals surface area contributed by atoms with Gasteiger partial charge in [0, 0.05) is 12.6 Å². The number of nitrogens with two attached hydrogens (primary N) is 1. The van der Waals surface area contributed by atoms with E-state index in [9.17, 15) is 4.39 Å². The van der Waals surface area contributed by atoms with Gasteiger partial charge in [-0.1, -0.05) is 0 Å². The summed E-state index contributed by atoms with van der Waals surface area (Å²) in [6.45, 7) is 0. The third kappa shape index (κ3) is 1.83. The number of aromatic nitrogens is 4. The average Bonchev–Trinajstić information content (AvgIpc) is 2.81. The average molecular weight is 273 g/mol. The smallest absolute Gasteiger partial charge is 0.165 e. The Balaban J connectivity index is 2.19. The highest BCUT2D eigenvalue weighted by molar-refractivity contribution is 5.86. The first-order valence-electron chi connectivity index (χ1n) is 5.89. The molecule has 1 aromatic carbocycles. The predicted octanol–water partition coefficient (Wildman–Crippen LogP) is 1.76. The summed E-state index contributed by atoms with van der Waals surface area (Å²) < 4.78 is 20.2. The van der Waals surface area contributed by atoms with E-state index in [1.54, 1.807) is 24.0 Å². The lowest BCUT2D eigenvalue weighted by atomic mass is 10.2. The van der Waals surface area contributed by atoms with E-state index in [1.165, 1.54) is 19.2 Å². The molecule has 2 heterocycles. The van der Waals surface area contributed by atoms with E-state index in [2.05, 4.69) is 15.1 Å². The Morgan fingerprint density at radius 3 is 2.80 bits per heavy atom. The molecule has 102 valence electrons. The summed E-state index contributed by atoms with van der Waals surface area (Å²) in [6, 6.07) is 4.52. The SMILES string of the molecule is COc1ccc(-c2nc(N)c3cnn(C)c3n2)cc1F. The minimum atomic E-state index is -0.475. The Kier molecular flexibility index (Phi) is 2.74. The van der Waals surface area contributed by atoms with Crippen LogP contribution in [0.15, 0.2) is 24.4 Å². The second-order valence-corrected chi connectivity index (χ2v) is 4.29. The van der Waals surface area contributed by atoms with Gasteiger partial charge in [0.15, 0.2) is 23.0 Å². The van der Waals surface area contributed by atoms with Gasteiger partial charge in [-0.15, -0.1) is 0 Å². The van der Waals surface area contributed by atoms with Crippen molar-refractivity contribution in [2.24, 2.45) is 7.05 Å². The molecule has 0 atom stereocenters. The van der Waals surface area contributed by atoms with Crippen molar-refractivity contribution in [2.75, 3.05) is 12.8 Å². The third-order valence-corrected chi connectivity index (χ3v) is 3.03. The van der Waals surface area contributed by atoms with Gasteiger partial charge in [-0.05, 0) is 18.2 Å². The number of methoxy groups -OCH3 is 1. The Hall–Kier alpha value is -2.70. The molecular weight excluding hydrogens is 261 g/mol. The van der Waals surface area contributed by atoms with Crippen molar-refractivity contribution >= 4 is 16.9 Å². The number of nitrogen functional groups attached to an aromatic ring is 1. The van der Waals surface area contributed by atoms with E-state index in [0.29, 0.717) is 28.2 Å². The van der Waals surface area contributed by atoms with Gasteiger partial charge in [-0.25, -0.2) is 14.4 Å². The van der Waals surface area contributed by atoms with Crippen molar-refractivity contribution < 1.29 is 9.13 Å². The molecule has 0 radical (unpaired) electrons. The molecule has 0 aliphatic heterocycles. The van der Waals surface area contributed by atoms with Crippen LogP contribution in [0.2, 0.25) is 0 Å². The number of fused-ring (bicyclic) bond motifs is 1. The number of halogens is 1. The fourth-order valence-corrected chi connectivity index (χ4v) is 1.98. The monoisotopic (exact) mass is 273 g/mol. The molecule has 0 saturated heterocycles. The van der Waals surface area contributed by atoms with Gasteiger partial charge >= 0.3 is 0 Å². The molecule has 0 aliphatic rings. The van der Waals surface area contributed by atoms with Crippen molar-refractivity contribution in [2.45, 2.75) is 0 Å². The summed E-state index contributed by atoms with van der Waals surface area (Å²) in [5.41, 5.74) is 7.01. The minimum Gasteiger partial charge on any atom is -0.494 e. The van der Waals surface area contributed by atoms with Gasteiger partial charge in [-0.3, -0.25) is 4.68 Å². The van der Waals surface area contributed by atoms with E-state index >= 15 is 0 Å². The number of rotatable bonds is 2. The van der Waals surface area contributed by atoms with Crippen LogP contribution >= 0.6 is 0 Å². The van der Waals surface area contributed by atoms with Crippen LogP contribution in [0.4, 0.5) is 10.2 Å². The number of nitrogens with zero attached hydrogens (tertiary/aromatic N) is 4. The van der Waals surface area contributed by atoms with Gasteiger partial charge in [0.05, 0.1) is 18.7 Å². The maximum Gasteiger partial charge on any atom is 0.165 e. The number of hydrogen-bond donors (Lipinski definition) is 1. The van der Waals surface area contributed by atoms with E-state index in [0.717, 1.165) is 0 Å². The van der Waals surface area contributed by atoms with Crippen LogP contribution in [0.1, 0.15) is 0 Å². The topological polar surface area (TPSA) is 78.9 Å². The van der Waals surface area contributed by atoms with Crippen LogP contribution in [0, 0.1) is 5.82 Å². The first kappa shape index (κ1) is 12.3. The summed E-state index contributed by atoms with van der Waals surface area (Å²) in [6.07, 6.45) is 1.60. The summed E-state index contributed by atoms with van der Waals surface area (Å²) >= 11 is 0. The van der Waals surface area contributed by atoms with E-state index in [1.807, 2.05) is 0 Å². The molecule has 0 bridgehead atoms. The van der Waals surface area contributed by atoms with Gasteiger partial charge in [-0.2, -0.15) is 5.10 Å². The summed E-state index contributed by atoms with van der Waals surface area (Å²) in [5, 5.41) is 4.75. The zero-order chi connectivity index (χ0) is 14.3. The zero-order valence-electron chi connectivity index (χ0n) is 11.0. The molecule has 6 nitrogen and oxygen atoms in total. The standard InChI is InChI=1S/C13H12FN5O/c1-19-13-8(6-16-19)11(15)17-12(18-13)7-3-4-10(20-2)9(14)5-7/h3-6H,1-2H3,(H2,15,17,18). The Labute approximate surface area is 114 Å². The van der Waals surface area contributed by atoms with Crippen molar-refractivity contribution in [1.29, 1.82) is 0 Å². The fraction of sp³-hybridized carbons (Fsp3) is 0.154. The summed E-state index contributed by atoms with van der Waals surface area (Å²) in [5.74, 6) is 0.357. The van der Waals surface area contributed by atoms with Crippen molar-refractivity contribution in [3.63, 3.8) is 0 Å². The van der Waals surface area contributed by atoms with Crippen molar-refractivity contribution in [1.82, 2.24) is 19.7 Å². The predicted molar refractivity (Wildman–Crippen MR) is 72.7 cm³/mol. The first-order chi connectivity index (χ1) is 9.60. The van der Waals surface area contributed by atoms with Crippen LogP contribution < -0.4 is 10.5 Å². The third-order valence-electron chi connectivity index (χ3n) is 3.03. The lowest BCUT2D eigenvalue weighted by Gasteiger charge is -2.06. The van der Waals surface area contributed by atoms with Crippen LogP contribution in [0.25, 0.3) is 22.4 Å². The lowest BCUT2D eigenvalue weighted by Crippen LogP contribution is -2.00. The highest BCUT2D eigenvalue weighted by Crippen LogP contribution is 2.26. The number of ether oxygens (including phenoxy) is 1. The number of aryl methyl sites for hydroxylation is 1. The fourth-order valence-electron chi connectivity index (χ4n) is 1.98. The number of hydrogen-bond acceptors (Lipinski definition) is 5. The second-order valence-electron chi connectivity index (χ2n) is 4.29. The van der Waals surface area contributed by atoms with Gasteiger partial charge in [0.2, 0.25) is 0 Å². The van der Waals surface area contributed by atoms with E-state index in [4.69, 9.17) is 10.5 Å². The van der Waals surface area contributed by atoms with Crippen molar-refractivity contribution in [3.8, 4) is 17.1 Å². The Bertz CT molecular complexity index is 799. The molecule has 20 heavy (non-hydrogen) atoms. The zero-order valence-corrected chi connectivity index (χ0v) is 11.0. The molecule has 0 unspecified atom stereocenters. The highest BCUT2D eigenvalue weighted by atomic mass is 19.1. The van der Waals surface area contributed by atoms with Crippen LogP contribution in [0.5, 0.6) is 5.75 Å². The molecule has 2 N–H and O–H groups in total. The summed E-state index contributed by atoms with van der Waals surface area (Å²) in [7, 11) is 3.17. The molecule has 0 amide bonds. The van der Waals surface area contributed by atoms with E-state index in [-0.39, 0.29) is 5.75 Å². The molecule has 0 aliphatic carbocycles. The van der Waals surface area contributed by atoms with Crippen LogP contribution in [0.3, 0.4) is 0 Å². The quantitative estimate of drug-likeness (QED) is 0.769. The molecule has 0 fully saturated rings. The Morgan fingerprint density at radius 1 is 1.30 bits per heavy atom. The van der Waals surface area contributed by atoms with Gasteiger partial charge < -0.3 is 10.5 Å². The van der Waals surface area contributed by atoms with Gasteiger partial charge in [0.1, 0.15) is 5.82 Å². The first-order valence-corrected chi connectivity index (χ1v) is 5.89. The maximum absolute atomic E-state index is 13.7. The molecule has 0 saturated carbocycles. The molecule has 7 heteroatoms. The maximum atomic E-state index is 13.7. The Morgan fingerprint density at radius 2 is 2.10 bits per heavy atom. The highest BCUT2D eigenvalue weighted by Gasteiger charge is 2.12. The van der Waals surface area contributed by atoms with E-state index < -0.39 is 5.82 Å². The summed E-state index contributed by atoms with van der Waals surface area (Å²) in [4.78, 5) is 8.55. The minimum absolute atomic E-state index is 0.170. The van der Waals surface area contributed by atoms with Crippen LogP contribution in [-0.4, -0.2) is 26.9 Å².